The van der Waals surface area contributed by atoms with Crippen molar-refractivity contribution in [1.29, 1.82) is 0 Å². The first-order chi connectivity index (χ1) is 9.65. The molecule has 3 nitrogen and oxygen atoms in total. The van der Waals surface area contributed by atoms with Crippen LogP contribution in [0.1, 0.15) is 59.7 Å². The summed E-state index contributed by atoms with van der Waals surface area (Å²) in [5, 5.41) is 2.80. The Labute approximate surface area is 119 Å². The van der Waals surface area contributed by atoms with Crippen LogP contribution in [0.4, 0.5) is 0 Å². The molecule has 0 fully saturated rings. The number of amides is 1. The largest absolute Gasteiger partial charge is 0.346 e. The van der Waals surface area contributed by atoms with E-state index in [1.54, 1.807) is 0 Å². The molecule has 20 heavy (non-hydrogen) atoms. The van der Waals surface area contributed by atoms with Crippen LogP contribution in [-0.2, 0) is 24.1 Å². The van der Waals surface area contributed by atoms with Gasteiger partial charge in [-0.2, -0.15) is 0 Å². The van der Waals surface area contributed by atoms with Crippen molar-refractivity contribution >= 4 is 11.7 Å². The Morgan fingerprint density at radius 2 is 1.70 bits per heavy atom. The molecule has 3 rings (SSSR count). The van der Waals surface area contributed by atoms with Crippen LogP contribution in [0.5, 0.6) is 0 Å². The number of carbonyl (C=O) groups is 2. The van der Waals surface area contributed by atoms with Crippen molar-refractivity contribution in [2.45, 2.75) is 57.9 Å². The molecule has 1 aromatic rings. The minimum atomic E-state index is -0.338. The first kappa shape index (κ1) is 13.3. The summed E-state index contributed by atoms with van der Waals surface area (Å²) in [6, 6.07) is 4.01. The van der Waals surface area contributed by atoms with Gasteiger partial charge >= 0.3 is 0 Å². The minimum absolute atomic E-state index is 0.0982. The number of hydrogen-bond acceptors (Lipinski definition) is 2. The molecule has 1 N–H and O–H groups in total. The number of benzene rings is 1. The Hall–Kier alpha value is -1.64. The summed E-state index contributed by atoms with van der Waals surface area (Å²) in [7, 11) is 0. The normalized spacial score (nSPS) is 21.6. The van der Waals surface area contributed by atoms with Crippen molar-refractivity contribution in [3.8, 4) is 0 Å². The molecule has 0 aromatic heterocycles. The molecular formula is C17H21NO2. The fraction of sp³-hybridized carbons (Fsp3) is 0.529. The van der Waals surface area contributed by atoms with E-state index in [-0.39, 0.29) is 17.7 Å². The highest BCUT2D eigenvalue weighted by atomic mass is 16.2. The highest BCUT2D eigenvalue weighted by Crippen LogP contribution is 2.29. The number of nitrogens with one attached hydrogen (secondary N) is 1. The van der Waals surface area contributed by atoms with E-state index >= 15 is 0 Å². The number of carbonyl (C=O) groups excluding carboxylic acids is 2. The second-order valence-electron chi connectivity index (χ2n) is 5.99. The molecule has 0 spiro atoms. The van der Waals surface area contributed by atoms with E-state index in [1.807, 2.05) is 0 Å². The van der Waals surface area contributed by atoms with Gasteiger partial charge in [-0.25, -0.2) is 0 Å². The Morgan fingerprint density at radius 1 is 1.05 bits per heavy atom. The standard InChI is InChI=1S/C17H21NO2/c1-11(19)18-16-8-4-7-14-9-12-5-2-3-6-13(12)10-15(14)17(16)20/h9-10,16H,2-8H2,1H3,(H,18,19)/t16-/m0/s1. The zero-order valence-electron chi connectivity index (χ0n) is 12.0. The van der Waals surface area contributed by atoms with Crippen LogP contribution in [0.15, 0.2) is 12.1 Å². The van der Waals surface area contributed by atoms with Gasteiger partial charge in [0, 0.05) is 12.5 Å². The second kappa shape index (κ2) is 5.39. The topological polar surface area (TPSA) is 46.2 Å². The summed E-state index contributed by atoms with van der Waals surface area (Å²) < 4.78 is 0. The van der Waals surface area contributed by atoms with Crippen LogP contribution in [0, 0.1) is 0 Å². The lowest BCUT2D eigenvalue weighted by atomic mass is 9.86. The molecule has 0 unspecified atom stereocenters. The minimum Gasteiger partial charge on any atom is -0.346 e. The van der Waals surface area contributed by atoms with Gasteiger partial charge < -0.3 is 5.32 Å². The molecule has 0 heterocycles. The van der Waals surface area contributed by atoms with E-state index in [4.69, 9.17) is 0 Å². The molecular weight excluding hydrogens is 250 g/mol. The van der Waals surface area contributed by atoms with Crippen LogP contribution in [0.3, 0.4) is 0 Å². The first-order valence-electron chi connectivity index (χ1n) is 7.61. The van der Waals surface area contributed by atoms with E-state index in [9.17, 15) is 9.59 Å². The molecule has 3 heteroatoms. The smallest absolute Gasteiger partial charge is 0.217 e. The van der Waals surface area contributed by atoms with Crippen molar-refractivity contribution in [3.63, 3.8) is 0 Å². The number of ketones is 1. The summed E-state index contributed by atoms with van der Waals surface area (Å²) in [4.78, 5) is 23.9. The molecule has 0 saturated carbocycles. The summed E-state index contributed by atoms with van der Waals surface area (Å²) in [5.41, 5.74) is 4.80. The predicted octanol–water partition coefficient (Wildman–Crippen LogP) is 2.59. The lowest BCUT2D eigenvalue weighted by Gasteiger charge is -2.19. The second-order valence-corrected chi connectivity index (χ2v) is 5.99. The number of Topliss-reactive ketones (excluding diaryl/α,β-unsaturated/α-hetero) is 1. The Kier molecular flexibility index (Phi) is 3.60. The highest BCUT2D eigenvalue weighted by molar-refractivity contribution is 6.03. The van der Waals surface area contributed by atoms with Gasteiger partial charge in [-0.15, -0.1) is 0 Å². The van der Waals surface area contributed by atoms with Gasteiger partial charge in [0.25, 0.3) is 0 Å². The number of fused-ring (bicyclic) bond motifs is 2. The Bertz CT molecular complexity index is 562. The fourth-order valence-electron chi connectivity index (χ4n) is 3.47. The summed E-state index contributed by atoms with van der Waals surface area (Å²) in [5.74, 6) is -0.0224. The quantitative estimate of drug-likeness (QED) is 0.798. The molecule has 1 atom stereocenters. The molecule has 106 valence electrons. The van der Waals surface area contributed by atoms with Gasteiger partial charge in [0.05, 0.1) is 6.04 Å². The van der Waals surface area contributed by atoms with Crippen LogP contribution in [0.2, 0.25) is 0 Å². The van der Waals surface area contributed by atoms with Crippen molar-refractivity contribution in [2.24, 2.45) is 0 Å². The monoisotopic (exact) mass is 271 g/mol. The van der Waals surface area contributed by atoms with Crippen molar-refractivity contribution in [3.05, 3.63) is 34.4 Å². The lowest BCUT2D eigenvalue weighted by Crippen LogP contribution is -2.39. The van der Waals surface area contributed by atoms with Crippen LogP contribution < -0.4 is 5.32 Å². The molecule has 0 aliphatic heterocycles. The van der Waals surface area contributed by atoms with Gasteiger partial charge in [-0.3, -0.25) is 9.59 Å². The summed E-state index contributed by atoms with van der Waals surface area (Å²) in [6.45, 7) is 1.48. The average molecular weight is 271 g/mol. The first-order valence-corrected chi connectivity index (χ1v) is 7.61. The molecule has 0 radical (unpaired) electrons. The summed E-state index contributed by atoms with van der Waals surface area (Å²) in [6.07, 6.45) is 7.36. The van der Waals surface area contributed by atoms with E-state index in [0.717, 1.165) is 37.7 Å². The van der Waals surface area contributed by atoms with Crippen LogP contribution >= 0.6 is 0 Å². The molecule has 0 bridgehead atoms. The SMILES string of the molecule is CC(=O)N[C@H]1CCCc2cc3c(cc2C1=O)CCCC3. The molecule has 0 saturated heterocycles. The number of aryl methyl sites for hydroxylation is 3. The Balaban J connectivity index is 1.97. The van der Waals surface area contributed by atoms with Crippen molar-refractivity contribution in [1.82, 2.24) is 5.32 Å². The van der Waals surface area contributed by atoms with Gasteiger partial charge in [-0.1, -0.05) is 6.07 Å². The van der Waals surface area contributed by atoms with Gasteiger partial charge in [0.15, 0.2) is 5.78 Å². The fourth-order valence-corrected chi connectivity index (χ4v) is 3.47. The van der Waals surface area contributed by atoms with Crippen LogP contribution in [0.25, 0.3) is 0 Å². The highest BCUT2D eigenvalue weighted by Gasteiger charge is 2.27. The van der Waals surface area contributed by atoms with Crippen LogP contribution in [-0.4, -0.2) is 17.7 Å². The average Bonchev–Trinajstić information content (AvgIpc) is 2.57. The maximum atomic E-state index is 12.6. The van der Waals surface area contributed by atoms with E-state index in [2.05, 4.69) is 17.4 Å². The molecule has 2 aliphatic carbocycles. The van der Waals surface area contributed by atoms with Gasteiger partial charge in [0.2, 0.25) is 5.91 Å². The third kappa shape index (κ3) is 2.49. The zero-order valence-corrected chi connectivity index (χ0v) is 12.0. The van der Waals surface area contributed by atoms with E-state index < -0.39 is 0 Å². The number of rotatable bonds is 1. The lowest BCUT2D eigenvalue weighted by molar-refractivity contribution is -0.119. The van der Waals surface area contributed by atoms with Gasteiger partial charge in [0.1, 0.15) is 0 Å². The van der Waals surface area contributed by atoms with Crippen molar-refractivity contribution < 1.29 is 9.59 Å². The summed E-state index contributed by atoms with van der Waals surface area (Å²) >= 11 is 0. The molecule has 1 aromatic carbocycles. The van der Waals surface area contributed by atoms with E-state index in [1.165, 1.54) is 36.5 Å². The Morgan fingerprint density at radius 3 is 2.40 bits per heavy atom. The van der Waals surface area contributed by atoms with E-state index in [0.29, 0.717) is 0 Å². The zero-order chi connectivity index (χ0) is 14.1. The predicted molar refractivity (Wildman–Crippen MR) is 78.0 cm³/mol. The number of hydrogen-bond donors (Lipinski definition) is 1. The molecule has 1 amide bonds. The third-order valence-corrected chi connectivity index (χ3v) is 4.47. The third-order valence-electron chi connectivity index (χ3n) is 4.47. The maximum Gasteiger partial charge on any atom is 0.217 e. The van der Waals surface area contributed by atoms with Crippen molar-refractivity contribution in [2.75, 3.05) is 0 Å². The maximum absolute atomic E-state index is 12.6. The molecule has 2 aliphatic rings. The van der Waals surface area contributed by atoms with Gasteiger partial charge in [-0.05, 0) is 67.7 Å².